The summed E-state index contributed by atoms with van der Waals surface area (Å²) in [6.45, 7) is 5.93. The summed E-state index contributed by atoms with van der Waals surface area (Å²) in [7, 11) is 0. The molecule has 18 heavy (non-hydrogen) atoms. The number of nitrogens with zero attached hydrogens (tertiary/aromatic N) is 5. The molecule has 92 valence electrons. The van der Waals surface area contributed by atoms with E-state index >= 15 is 0 Å². The highest BCUT2D eigenvalue weighted by molar-refractivity contribution is 8.00. The third kappa shape index (κ3) is 2.51. The number of aromatic nitrogens is 4. The average molecular weight is 259 g/mol. The van der Waals surface area contributed by atoms with Crippen LogP contribution in [0.5, 0.6) is 0 Å². The molecule has 0 aliphatic heterocycles. The fourth-order valence-electron chi connectivity index (χ4n) is 1.46. The van der Waals surface area contributed by atoms with Gasteiger partial charge in [0.2, 0.25) is 5.16 Å². The standard InChI is InChI=1S/C12H13N5S/c1-8-4-5-11(6-9(8)2)17-12(14-15-16-17)18-10(3)7-13/h4-6,10H,1-3H3/t10-/m0/s1. The van der Waals surface area contributed by atoms with Gasteiger partial charge in [0.25, 0.3) is 0 Å². The Kier molecular flexibility index (Phi) is 3.63. The molecule has 0 radical (unpaired) electrons. The topological polar surface area (TPSA) is 67.4 Å². The van der Waals surface area contributed by atoms with Crippen LogP contribution in [0.25, 0.3) is 5.69 Å². The van der Waals surface area contributed by atoms with Crippen LogP contribution in [0, 0.1) is 25.2 Å². The summed E-state index contributed by atoms with van der Waals surface area (Å²) in [5.41, 5.74) is 3.33. The molecule has 0 aliphatic rings. The third-order valence-corrected chi connectivity index (χ3v) is 3.56. The van der Waals surface area contributed by atoms with E-state index in [4.69, 9.17) is 5.26 Å². The van der Waals surface area contributed by atoms with E-state index in [0.717, 1.165) is 5.69 Å². The lowest BCUT2D eigenvalue weighted by Crippen LogP contribution is -2.02. The second kappa shape index (κ2) is 5.19. The zero-order valence-corrected chi connectivity index (χ0v) is 11.3. The molecule has 0 saturated carbocycles. The van der Waals surface area contributed by atoms with E-state index in [1.807, 2.05) is 32.0 Å². The van der Waals surface area contributed by atoms with Gasteiger partial charge in [-0.3, -0.25) is 0 Å². The van der Waals surface area contributed by atoms with Gasteiger partial charge in [0.05, 0.1) is 17.0 Å². The summed E-state index contributed by atoms with van der Waals surface area (Å²) in [4.78, 5) is 0. The second-order valence-corrected chi connectivity index (χ2v) is 5.34. The molecule has 5 nitrogen and oxygen atoms in total. The monoisotopic (exact) mass is 259 g/mol. The Labute approximate surface area is 110 Å². The van der Waals surface area contributed by atoms with Gasteiger partial charge in [-0.25, -0.2) is 0 Å². The first-order chi connectivity index (χ1) is 8.61. The minimum atomic E-state index is -0.179. The number of hydrogen-bond donors (Lipinski definition) is 0. The largest absolute Gasteiger partial charge is 0.215 e. The quantitative estimate of drug-likeness (QED) is 0.791. The summed E-state index contributed by atoms with van der Waals surface area (Å²) in [5.74, 6) is 0. The van der Waals surface area contributed by atoms with Crippen LogP contribution >= 0.6 is 11.8 Å². The molecule has 6 heteroatoms. The van der Waals surface area contributed by atoms with Crippen LogP contribution in [0.1, 0.15) is 18.1 Å². The van der Waals surface area contributed by atoms with Crippen LogP contribution < -0.4 is 0 Å². The fourth-order valence-corrected chi connectivity index (χ4v) is 2.15. The van der Waals surface area contributed by atoms with Crippen molar-refractivity contribution in [1.29, 1.82) is 5.26 Å². The Hall–Kier alpha value is -1.87. The molecule has 0 unspecified atom stereocenters. The van der Waals surface area contributed by atoms with Crippen molar-refractivity contribution in [1.82, 2.24) is 20.2 Å². The van der Waals surface area contributed by atoms with Crippen molar-refractivity contribution in [3.05, 3.63) is 29.3 Å². The zero-order chi connectivity index (χ0) is 13.1. The molecule has 0 saturated heterocycles. The van der Waals surface area contributed by atoms with Crippen molar-refractivity contribution in [2.24, 2.45) is 0 Å². The summed E-state index contributed by atoms with van der Waals surface area (Å²) < 4.78 is 1.66. The van der Waals surface area contributed by atoms with Gasteiger partial charge >= 0.3 is 0 Å². The number of tetrazole rings is 1. The van der Waals surface area contributed by atoms with Crippen LogP contribution in [0.2, 0.25) is 0 Å². The van der Waals surface area contributed by atoms with Gasteiger partial charge in [-0.1, -0.05) is 17.8 Å². The van der Waals surface area contributed by atoms with Crippen LogP contribution in [0.3, 0.4) is 0 Å². The van der Waals surface area contributed by atoms with E-state index in [2.05, 4.69) is 28.5 Å². The van der Waals surface area contributed by atoms with E-state index in [1.165, 1.54) is 22.9 Å². The summed E-state index contributed by atoms with van der Waals surface area (Å²) >= 11 is 1.35. The summed E-state index contributed by atoms with van der Waals surface area (Å²) in [6, 6.07) is 8.20. The smallest absolute Gasteiger partial charge is 0.197 e. The van der Waals surface area contributed by atoms with Crippen molar-refractivity contribution < 1.29 is 0 Å². The maximum Gasteiger partial charge on any atom is 0.215 e. The van der Waals surface area contributed by atoms with Crippen molar-refractivity contribution in [3.8, 4) is 11.8 Å². The number of rotatable bonds is 3. The predicted octanol–water partition coefficient (Wildman–Crippen LogP) is 2.28. The number of benzene rings is 1. The molecule has 0 fully saturated rings. The summed E-state index contributed by atoms with van der Waals surface area (Å²) in [5, 5.41) is 20.9. The highest BCUT2D eigenvalue weighted by Crippen LogP contribution is 2.23. The minimum absolute atomic E-state index is 0.179. The second-order valence-electron chi connectivity index (χ2n) is 4.03. The molecule has 1 heterocycles. The first-order valence-electron chi connectivity index (χ1n) is 5.54. The molecule has 0 spiro atoms. The van der Waals surface area contributed by atoms with Crippen LogP contribution in [-0.4, -0.2) is 25.5 Å². The van der Waals surface area contributed by atoms with E-state index in [9.17, 15) is 0 Å². The van der Waals surface area contributed by atoms with Gasteiger partial charge in [0, 0.05) is 0 Å². The Morgan fingerprint density at radius 3 is 2.78 bits per heavy atom. The van der Waals surface area contributed by atoms with E-state index < -0.39 is 0 Å². The lowest BCUT2D eigenvalue weighted by Gasteiger charge is -2.07. The van der Waals surface area contributed by atoms with Gasteiger partial charge in [-0.05, 0) is 54.5 Å². The van der Waals surface area contributed by atoms with Gasteiger partial charge in [-0.2, -0.15) is 9.94 Å². The van der Waals surface area contributed by atoms with Crippen LogP contribution in [0.15, 0.2) is 23.4 Å². The van der Waals surface area contributed by atoms with E-state index in [0.29, 0.717) is 5.16 Å². The Morgan fingerprint density at radius 1 is 1.33 bits per heavy atom. The maximum absolute atomic E-state index is 8.83. The maximum atomic E-state index is 8.83. The Balaban J connectivity index is 2.36. The number of nitriles is 1. The van der Waals surface area contributed by atoms with E-state index in [-0.39, 0.29) is 5.25 Å². The highest BCUT2D eigenvalue weighted by atomic mass is 32.2. The van der Waals surface area contributed by atoms with Crippen LogP contribution in [-0.2, 0) is 0 Å². The molecule has 1 atom stereocenters. The molecule has 2 aromatic rings. The first kappa shape index (κ1) is 12.6. The predicted molar refractivity (Wildman–Crippen MR) is 69.6 cm³/mol. The molecule has 0 aliphatic carbocycles. The molecule has 0 amide bonds. The van der Waals surface area contributed by atoms with Crippen molar-refractivity contribution in [3.63, 3.8) is 0 Å². The Morgan fingerprint density at radius 2 is 2.11 bits per heavy atom. The molecule has 1 aromatic heterocycles. The molecular formula is C12H13N5S. The zero-order valence-electron chi connectivity index (χ0n) is 10.5. The number of aryl methyl sites for hydroxylation is 2. The third-order valence-electron chi connectivity index (χ3n) is 2.64. The molecule has 2 rings (SSSR count). The van der Waals surface area contributed by atoms with Gasteiger partial charge in [0.1, 0.15) is 0 Å². The van der Waals surface area contributed by atoms with Crippen LogP contribution in [0.4, 0.5) is 0 Å². The molecule has 1 aromatic carbocycles. The Bertz CT molecular complexity index is 599. The molecular weight excluding hydrogens is 246 g/mol. The van der Waals surface area contributed by atoms with E-state index in [1.54, 1.807) is 4.68 Å². The fraction of sp³-hybridized carbons (Fsp3) is 0.333. The van der Waals surface area contributed by atoms with Crippen molar-refractivity contribution >= 4 is 11.8 Å². The average Bonchev–Trinajstić information content (AvgIpc) is 2.80. The van der Waals surface area contributed by atoms with Gasteiger partial charge in [-0.15, -0.1) is 5.10 Å². The first-order valence-corrected chi connectivity index (χ1v) is 6.42. The normalized spacial score (nSPS) is 12.1. The lowest BCUT2D eigenvalue weighted by atomic mass is 10.1. The number of thioether (sulfide) groups is 1. The van der Waals surface area contributed by atoms with Crippen molar-refractivity contribution in [2.75, 3.05) is 0 Å². The summed E-state index contributed by atoms with van der Waals surface area (Å²) in [6.07, 6.45) is 0. The van der Waals surface area contributed by atoms with Crippen molar-refractivity contribution in [2.45, 2.75) is 31.2 Å². The molecule has 0 N–H and O–H groups in total. The number of hydrogen-bond acceptors (Lipinski definition) is 5. The van der Waals surface area contributed by atoms with Gasteiger partial charge in [0.15, 0.2) is 0 Å². The lowest BCUT2D eigenvalue weighted by molar-refractivity contribution is 0.755. The molecule has 0 bridgehead atoms. The SMILES string of the molecule is Cc1ccc(-n2nnnc2S[C@@H](C)C#N)cc1C. The highest BCUT2D eigenvalue weighted by Gasteiger charge is 2.12. The minimum Gasteiger partial charge on any atom is -0.197 e. The van der Waals surface area contributed by atoms with Gasteiger partial charge < -0.3 is 0 Å².